The highest BCUT2D eigenvalue weighted by Gasteiger charge is 2.04. The molecule has 0 amide bonds. The number of nitriles is 1. The van der Waals surface area contributed by atoms with Crippen LogP contribution in [0.2, 0.25) is 0 Å². The number of rotatable bonds is 5. The summed E-state index contributed by atoms with van der Waals surface area (Å²) in [6.07, 6.45) is 0.162. The summed E-state index contributed by atoms with van der Waals surface area (Å²) in [5, 5.41) is 8.80. The van der Waals surface area contributed by atoms with E-state index in [1.807, 2.05) is 6.07 Å². The Morgan fingerprint density at radius 1 is 1.29 bits per heavy atom. The topological polar surface area (TPSA) is 68.5 Å². The molecule has 17 heavy (non-hydrogen) atoms. The number of benzene rings is 1. The summed E-state index contributed by atoms with van der Waals surface area (Å²) >= 11 is 0. The van der Waals surface area contributed by atoms with Crippen molar-refractivity contribution >= 4 is 5.97 Å². The normalized spacial score (nSPS) is 9.24. The van der Waals surface area contributed by atoms with Gasteiger partial charge in [0, 0.05) is 6.07 Å². The quantitative estimate of drug-likeness (QED) is 0.723. The van der Waals surface area contributed by atoms with E-state index in [0.29, 0.717) is 17.1 Å². The van der Waals surface area contributed by atoms with Crippen molar-refractivity contribution in [1.29, 1.82) is 5.26 Å². The number of carbonyl (C=O) groups is 1. The van der Waals surface area contributed by atoms with Crippen molar-refractivity contribution in [2.45, 2.75) is 6.42 Å². The third kappa shape index (κ3) is 4.03. The summed E-state index contributed by atoms with van der Waals surface area (Å²) < 4.78 is 14.8. The van der Waals surface area contributed by atoms with Crippen LogP contribution in [-0.2, 0) is 9.53 Å². The lowest BCUT2D eigenvalue weighted by Gasteiger charge is -2.07. The fourth-order valence-electron chi connectivity index (χ4n) is 1.19. The second kappa shape index (κ2) is 6.38. The number of carbonyl (C=O) groups excluding carboxylic acids is 1. The summed E-state index contributed by atoms with van der Waals surface area (Å²) in [5.41, 5.74) is 0.442. The average Bonchev–Trinajstić information content (AvgIpc) is 2.37. The Bertz CT molecular complexity index is 437. The summed E-state index contributed by atoms with van der Waals surface area (Å²) in [6, 6.07) is 6.84. The first kappa shape index (κ1) is 12.8. The van der Waals surface area contributed by atoms with Crippen LogP contribution in [0.15, 0.2) is 18.2 Å². The molecule has 5 heteroatoms. The summed E-state index contributed by atoms with van der Waals surface area (Å²) in [7, 11) is 2.83. The number of nitrogens with zero attached hydrogens (tertiary/aromatic N) is 1. The van der Waals surface area contributed by atoms with Gasteiger partial charge in [-0.05, 0) is 12.1 Å². The average molecular weight is 235 g/mol. The van der Waals surface area contributed by atoms with E-state index < -0.39 is 0 Å². The number of hydrogen-bond donors (Lipinski definition) is 0. The number of hydrogen-bond acceptors (Lipinski definition) is 5. The molecular weight excluding hydrogens is 222 g/mol. The fourth-order valence-corrected chi connectivity index (χ4v) is 1.19. The van der Waals surface area contributed by atoms with Gasteiger partial charge in [0.2, 0.25) is 0 Å². The maximum Gasteiger partial charge on any atom is 0.308 e. The van der Waals surface area contributed by atoms with E-state index in [0.717, 1.165) is 0 Å². The van der Waals surface area contributed by atoms with Crippen molar-refractivity contribution in [1.82, 2.24) is 0 Å². The van der Waals surface area contributed by atoms with Gasteiger partial charge < -0.3 is 14.2 Å². The highest BCUT2D eigenvalue weighted by molar-refractivity contribution is 5.69. The van der Waals surface area contributed by atoms with E-state index in [4.69, 9.17) is 14.7 Å². The van der Waals surface area contributed by atoms with Crippen molar-refractivity contribution < 1.29 is 19.0 Å². The Hall–Kier alpha value is -2.22. The Morgan fingerprint density at radius 3 is 2.59 bits per heavy atom. The molecule has 0 aliphatic rings. The molecule has 0 aliphatic heterocycles. The lowest BCUT2D eigenvalue weighted by atomic mass is 10.2. The molecule has 0 heterocycles. The largest absolute Gasteiger partial charge is 0.497 e. The molecule has 0 N–H and O–H groups in total. The molecule has 0 atom stereocenters. The molecule has 5 nitrogen and oxygen atoms in total. The lowest BCUT2D eigenvalue weighted by molar-refractivity contribution is -0.141. The van der Waals surface area contributed by atoms with Crippen LogP contribution in [0.4, 0.5) is 0 Å². The molecule has 1 aromatic carbocycles. The van der Waals surface area contributed by atoms with Crippen molar-refractivity contribution in [3.63, 3.8) is 0 Å². The Kier molecular flexibility index (Phi) is 4.82. The van der Waals surface area contributed by atoms with Gasteiger partial charge in [-0.25, -0.2) is 0 Å². The van der Waals surface area contributed by atoms with Crippen molar-refractivity contribution in [3.8, 4) is 17.6 Å². The van der Waals surface area contributed by atoms with Crippen LogP contribution >= 0.6 is 0 Å². The molecule has 0 unspecified atom stereocenters. The second-order valence-electron chi connectivity index (χ2n) is 3.18. The van der Waals surface area contributed by atoms with Crippen LogP contribution in [0.5, 0.6) is 11.5 Å². The molecule has 0 aliphatic carbocycles. The molecular formula is C12H13NO4. The van der Waals surface area contributed by atoms with Gasteiger partial charge in [0.25, 0.3) is 0 Å². The molecule has 0 saturated carbocycles. The van der Waals surface area contributed by atoms with Gasteiger partial charge >= 0.3 is 5.97 Å². The summed E-state index contributed by atoms with van der Waals surface area (Å²) in [4.78, 5) is 10.9. The minimum Gasteiger partial charge on any atom is -0.497 e. The maximum absolute atomic E-state index is 10.9. The third-order valence-corrected chi connectivity index (χ3v) is 2.05. The number of ether oxygens (including phenoxy) is 3. The molecule has 0 spiro atoms. The molecule has 1 aromatic rings. The monoisotopic (exact) mass is 235 g/mol. The van der Waals surface area contributed by atoms with Gasteiger partial charge in [0.15, 0.2) is 0 Å². The fraction of sp³-hybridized carbons (Fsp3) is 0.333. The highest BCUT2D eigenvalue weighted by atomic mass is 16.5. The van der Waals surface area contributed by atoms with Crippen LogP contribution in [0, 0.1) is 11.3 Å². The Labute approximate surface area is 99.5 Å². The van der Waals surface area contributed by atoms with E-state index in [2.05, 4.69) is 4.74 Å². The van der Waals surface area contributed by atoms with Gasteiger partial charge in [-0.1, -0.05) is 0 Å². The number of methoxy groups -OCH3 is 2. The zero-order valence-corrected chi connectivity index (χ0v) is 9.73. The predicted octanol–water partition coefficient (Wildman–Crippen LogP) is 1.51. The molecule has 0 fully saturated rings. The third-order valence-electron chi connectivity index (χ3n) is 2.05. The van der Waals surface area contributed by atoms with Gasteiger partial charge in [0.05, 0.1) is 38.9 Å². The first-order chi connectivity index (χ1) is 8.19. The van der Waals surface area contributed by atoms with E-state index in [-0.39, 0.29) is 19.0 Å². The molecule has 0 aromatic heterocycles. The maximum atomic E-state index is 10.9. The van der Waals surface area contributed by atoms with Crippen LogP contribution < -0.4 is 9.47 Å². The van der Waals surface area contributed by atoms with Gasteiger partial charge in [0.1, 0.15) is 11.5 Å². The molecule has 0 bridgehead atoms. The lowest BCUT2D eigenvalue weighted by Crippen LogP contribution is -2.07. The van der Waals surface area contributed by atoms with Crippen LogP contribution in [0.1, 0.15) is 12.0 Å². The van der Waals surface area contributed by atoms with Gasteiger partial charge in [-0.2, -0.15) is 5.26 Å². The van der Waals surface area contributed by atoms with Gasteiger partial charge in [-0.3, -0.25) is 4.79 Å². The minimum absolute atomic E-state index is 0.162. The van der Waals surface area contributed by atoms with E-state index in [1.54, 1.807) is 18.2 Å². The number of esters is 1. The van der Waals surface area contributed by atoms with Crippen molar-refractivity contribution in [3.05, 3.63) is 23.8 Å². The zero-order valence-electron chi connectivity index (χ0n) is 9.73. The van der Waals surface area contributed by atoms with Crippen LogP contribution in [0.3, 0.4) is 0 Å². The van der Waals surface area contributed by atoms with E-state index >= 15 is 0 Å². The van der Waals surface area contributed by atoms with E-state index in [9.17, 15) is 4.79 Å². The summed E-state index contributed by atoms with van der Waals surface area (Å²) in [6.45, 7) is 0.199. The Morgan fingerprint density at radius 2 is 2.00 bits per heavy atom. The van der Waals surface area contributed by atoms with E-state index in [1.165, 1.54) is 14.2 Å². The molecule has 0 radical (unpaired) electrons. The second-order valence-corrected chi connectivity index (χ2v) is 3.18. The minimum atomic E-state index is -0.339. The summed E-state index contributed by atoms with van der Waals surface area (Å²) in [5.74, 6) is 0.690. The molecule has 1 rings (SSSR count). The predicted molar refractivity (Wildman–Crippen MR) is 59.8 cm³/mol. The zero-order chi connectivity index (χ0) is 12.7. The van der Waals surface area contributed by atoms with Crippen LogP contribution in [0.25, 0.3) is 0 Å². The first-order valence-corrected chi connectivity index (χ1v) is 4.98. The standard InChI is InChI=1S/C12H13NO4/c1-15-10-5-9(8-13)6-11(7-10)17-4-3-12(14)16-2/h5-7H,3-4H2,1-2H3. The van der Waals surface area contributed by atoms with Crippen molar-refractivity contribution in [2.75, 3.05) is 20.8 Å². The molecule has 90 valence electrons. The SMILES string of the molecule is COC(=O)CCOc1cc(C#N)cc(OC)c1. The Balaban J connectivity index is 2.64. The first-order valence-electron chi connectivity index (χ1n) is 4.98. The van der Waals surface area contributed by atoms with Crippen molar-refractivity contribution in [2.24, 2.45) is 0 Å². The highest BCUT2D eigenvalue weighted by Crippen LogP contribution is 2.22. The molecule has 0 saturated heterocycles. The van der Waals surface area contributed by atoms with Crippen LogP contribution in [-0.4, -0.2) is 26.8 Å². The smallest absolute Gasteiger partial charge is 0.308 e. The van der Waals surface area contributed by atoms with Gasteiger partial charge in [-0.15, -0.1) is 0 Å².